The van der Waals surface area contributed by atoms with Crippen molar-refractivity contribution in [2.24, 2.45) is 0 Å². The van der Waals surface area contributed by atoms with Crippen molar-refractivity contribution >= 4 is 83.5 Å². The number of allylic oxidation sites excluding steroid dienone is 1. The van der Waals surface area contributed by atoms with E-state index in [1.165, 1.54) is 10.8 Å². The Morgan fingerprint density at radius 2 is 1.61 bits per heavy atom. The second kappa shape index (κ2) is 10.2. The Balaban J connectivity index is 1.60. The Morgan fingerprint density at radius 3 is 2.32 bits per heavy atom. The lowest BCUT2D eigenvalue weighted by Crippen LogP contribution is -2.00. The molecule has 0 spiro atoms. The maximum Gasteiger partial charge on any atom is 0.146 e. The summed E-state index contributed by atoms with van der Waals surface area (Å²) in [6.07, 6.45) is 1.92. The van der Waals surface area contributed by atoms with Gasteiger partial charge in [0.2, 0.25) is 0 Å². The monoisotopic (exact) mass is 691 g/mol. The maximum absolute atomic E-state index is 9.64. The Hall–Kier alpha value is -1.89. The lowest BCUT2D eigenvalue weighted by molar-refractivity contribution is 0.303. The molecule has 4 rings (SSSR count). The molecule has 0 saturated heterocycles. The lowest BCUT2D eigenvalue weighted by atomic mass is 10.0. The molecule has 0 aliphatic heterocycles. The zero-order valence-corrected chi connectivity index (χ0v) is 22.2. The molecule has 0 radical (unpaired) electrons. The van der Waals surface area contributed by atoms with Gasteiger partial charge in [0.15, 0.2) is 0 Å². The first kappa shape index (κ1) is 22.3. The zero-order chi connectivity index (χ0) is 21.8. The van der Waals surface area contributed by atoms with Crippen LogP contribution >= 0.6 is 61.1 Å². The fourth-order valence-corrected chi connectivity index (χ4v) is 5.74. The molecule has 0 aliphatic carbocycles. The molecular formula is C26H16BrI2NO. The predicted octanol–water partition coefficient (Wildman–Crippen LogP) is 8.45. The Kier molecular flexibility index (Phi) is 7.31. The third kappa shape index (κ3) is 5.30. The number of rotatable bonds is 5. The molecule has 0 atom stereocenters. The average molecular weight is 692 g/mol. The van der Waals surface area contributed by atoms with E-state index in [-0.39, 0.29) is 0 Å². The van der Waals surface area contributed by atoms with Gasteiger partial charge in [0.1, 0.15) is 12.4 Å². The highest BCUT2D eigenvalue weighted by Crippen LogP contribution is 2.32. The van der Waals surface area contributed by atoms with E-state index >= 15 is 0 Å². The topological polar surface area (TPSA) is 33.0 Å². The highest BCUT2D eigenvalue weighted by atomic mass is 127. The van der Waals surface area contributed by atoms with Crippen LogP contribution in [0.1, 0.15) is 16.7 Å². The van der Waals surface area contributed by atoms with Gasteiger partial charge in [-0.1, -0.05) is 70.5 Å². The molecule has 0 N–H and O–H groups in total. The number of fused-ring (bicyclic) bond motifs is 1. The van der Waals surface area contributed by atoms with Crippen molar-refractivity contribution in [2.45, 2.75) is 6.61 Å². The SMILES string of the molecule is N#C/C(=C/c1cc(I)c(OCc2cccc3ccccc23)c(I)c1)c1ccc(Br)cc1. The summed E-state index contributed by atoms with van der Waals surface area (Å²) in [6.45, 7) is 0.505. The number of benzene rings is 4. The maximum atomic E-state index is 9.64. The van der Waals surface area contributed by atoms with Gasteiger partial charge in [-0.25, -0.2) is 0 Å². The molecular weight excluding hydrogens is 676 g/mol. The first-order valence-corrected chi connectivity index (χ1v) is 12.5. The molecule has 5 heteroatoms. The van der Waals surface area contributed by atoms with Gasteiger partial charge in [0.05, 0.1) is 18.8 Å². The van der Waals surface area contributed by atoms with Crippen molar-refractivity contribution in [3.8, 4) is 11.8 Å². The van der Waals surface area contributed by atoms with E-state index in [4.69, 9.17) is 4.74 Å². The minimum absolute atomic E-state index is 0.505. The first-order valence-electron chi connectivity index (χ1n) is 9.51. The number of ether oxygens (including phenoxy) is 1. The number of hydrogen-bond donors (Lipinski definition) is 0. The molecule has 2 nitrogen and oxygen atoms in total. The Bertz CT molecular complexity index is 1300. The lowest BCUT2D eigenvalue weighted by Gasteiger charge is -2.13. The van der Waals surface area contributed by atoms with Crippen LogP contribution < -0.4 is 4.74 Å². The van der Waals surface area contributed by atoms with Gasteiger partial charge in [0.25, 0.3) is 0 Å². The molecule has 152 valence electrons. The van der Waals surface area contributed by atoms with Crippen molar-refractivity contribution in [1.82, 2.24) is 0 Å². The zero-order valence-electron chi connectivity index (χ0n) is 16.3. The Morgan fingerprint density at radius 1 is 0.935 bits per heavy atom. The molecule has 0 amide bonds. The van der Waals surface area contributed by atoms with Crippen molar-refractivity contribution in [1.29, 1.82) is 5.26 Å². The van der Waals surface area contributed by atoms with Crippen LogP contribution in [-0.2, 0) is 6.61 Å². The van der Waals surface area contributed by atoms with E-state index in [1.807, 2.05) is 30.3 Å². The highest BCUT2D eigenvalue weighted by Gasteiger charge is 2.11. The van der Waals surface area contributed by atoms with Crippen molar-refractivity contribution in [3.05, 3.63) is 107 Å². The fourth-order valence-electron chi connectivity index (χ4n) is 3.35. The summed E-state index contributed by atoms with van der Waals surface area (Å²) >= 11 is 8.04. The summed E-state index contributed by atoms with van der Waals surface area (Å²) in [6, 6.07) is 28.8. The van der Waals surface area contributed by atoms with Gasteiger partial charge in [-0.3, -0.25) is 0 Å². The van der Waals surface area contributed by atoms with Crippen molar-refractivity contribution < 1.29 is 4.74 Å². The molecule has 31 heavy (non-hydrogen) atoms. The van der Waals surface area contributed by atoms with Crippen LogP contribution in [0.5, 0.6) is 5.75 Å². The highest BCUT2D eigenvalue weighted by molar-refractivity contribution is 14.1. The quantitative estimate of drug-likeness (QED) is 0.120. The normalized spacial score (nSPS) is 11.4. The summed E-state index contributed by atoms with van der Waals surface area (Å²) in [4.78, 5) is 0. The minimum atomic E-state index is 0.505. The van der Waals surface area contributed by atoms with Crippen LogP contribution in [0.4, 0.5) is 0 Å². The smallest absolute Gasteiger partial charge is 0.146 e. The molecule has 0 bridgehead atoms. The minimum Gasteiger partial charge on any atom is -0.487 e. The van der Waals surface area contributed by atoms with Crippen molar-refractivity contribution in [3.63, 3.8) is 0 Å². The van der Waals surface area contributed by atoms with Crippen LogP contribution in [-0.4, -0.2) is 0 Å². The number of nitriles is 1. The second-order valence-corrected chi connectivity index (χ2v) is 10.2. The van der Waals surface area contributed by atoms with Crippen molar-refractivity contribution in [2.75, 3.05) is 0 Å². The van der Waals surface area contributed by atoms with Crippen LogP contribution in [0, 0.1) is 18.5 Å². The summed E-state index contributed by atoms with van der Waals surface area (Å²) in [5.74, 6) is 0.869. The average Bonchev–Trinajstić information content (AvgIpc) is 2.77. The molecule has 0 aromatic heterocycles. The summed E-state index contributed by atoms with van der Waals surface area (Å²) < 4.78 is 9.27. The van der Waals surface area contributed by atoms with Gasteiger partial charge in [-0.2, -0.15) is 5.26 Å². The number of halogens is 3. The van der Waals surface area contributed by atoms with E-state index in [1.54, 1.807) is 0 Å². The van der Waals surface area contributed by atoms with Gasteiger partial charge in [-0.05, 0) is 103 Å². The fraction of sp³-hybridized carbons (Fsp3) is 0.0385. The van der Waals surface area contributed by atoms with Crippen LogP contribution in [0.15, 0.2) is 83.3 Å². The largest absolute Gasteiger partial charge is 0.487 e. The standard InChI is InChI=1S/C26H16BrI2NO/c27-22-10-8-18(9-11-22)21(15-30)12-17-13-24(28)26(25(29)14-17)31-16-20-6-3-5-19-4-1-2-7-23(19)20/h1-14H,16H2/b21-12-. The number of nitrogens with zero attached hydrogens (tertiary/aromatic N) is 1. The van der Waals surface area contributed by atoms with E-state index in [0.717, 1.165) is 34.1 Å². The van der Waals surface area contributed by atoms with E-state index in [2.05, 4.69) is 122 Å². The second-order valence-electron chi connectivity index (χ2n) is 6.92. The summed E-state index contributed by atoms with van der Waals surface area (Å²) in [7, 11) is 0. The van der Waals surface area contributed by atoms with Crippen LogP contribution in [0.25, 0.3) is 22.4 Å². The van der Waals surface area contributed by atoms with E-state index in [9.17, 15) is 5.26 Å². The molecule has 0 unspecified atom stereocenters. The molecule has 4 aromatic carbocycles. The summed E-state index contributed by atoms with van der Waals surface area (Å²) in [5.41, 5.74) is 3.66. The van der Waals surface area contributed by atoms with Crippen LogP contribution in [0.2, 0.25) is 0 Å². The third-order valence-electron chi connectivity index (χ3n) is 4.86. The third-order valence-corrected chi connectivity index (χ3v) is 6.99. The van der Waals surface area contributed by atoms with E-state index < -0.39 is 0 Å². The Labute approximate surface area is 217 Å². The van der Waals surface area contributed by atoms with Gasteiger partial charge >= 0.3 is 0 Å². The van der Waals surface area contributed by atoms with Gasteiger partial charge in [0, 0.05) is 4.47 Å². The van der Waals surface area contributed by atoms with E-state index in [0.29, 0.717) is 12.2 Å². The van der Waals surface area contributed by atoms with Crippen LogP contribution in [0.3, 0.4) is 0 Å². The first-order chi connectivity index (χ1) is 15.0. The molecule has 0 heterocycles. The van der Waals surface area contributed by atoms with Gasteiger partial charge < -0.3 is 4.74 Å². The summed E-state index contributed by atoms with van der Waals surface area (Å²) in [5, 5.41) is 12.1. The molecule has 0 aliphatic rings. The predicted molar refractivity (Wildman–Crippen MR) is 148 cm³/mol. The molecule has 0 fully saturated rings. The molecule has 0 saturated carbocycles. The van der Waals surface area contributed by atoms with Gasteiger partial charge in [-0.15, -0.1) is 0 Å². The molecule has 4 aromatic rings. The number of hydrogen-bond acceptors (Lipinski definition) is 2.